The summed E-state index contributed by atoms with van der Waals surface area (Å²) >= 11 is 1.68. The van der Waals surface area contributed by atoms with E-state index in [1.54, 1.807) is 23.9 Å². The van der Waals surface area contributed by atoms with Crippen LogP contribution >= 0.6 is 11.8 Å². The predicted molar refractivity (Wildman–Crippen MR) is 60.2 cm³/mol. The molecule has 0 amide bonds. The summed E-state index contributed by atoms with van der Waals surface area (Å²) in [4.78, 5) is 1.00. The van der Waals surface area contributed by atoms with Crippen LogP contribution in [0.1, 0.15) is 19.4 Å². The van der Waals surface area contributed by atoms with Crippen molar-refractivity contribution in [1.29, 1.82) is 0 Å². The fourth-order valence-corrected chi connectivity index (χ4v) is 2.21. The van der Waals surface area contributed by atoms with Gasteiger partial charge in [0.25, 0.3) is 0 Å². The molecule has 0 aliphatic heterocycles. The number of benzene rings is 1. The van der Waals surface area contributed by atoms with Crippen LogP contribution in [0.5, 0.6) is 0 Å². The van der Waals surface area contributed by atoms with Gasteiger partial charge in [0.15, 0.2) is 0 Å². The minimum Gasteiger partial charge on any atom is -0.316 e. The van der Waals surface area contributed by atoms with Crippen molar-refractivity contribution in [1.82, 2.24) is 5.32 Å². The van der Waals surface area contributed by atoms with Gasteiger partial charge < -0.3 is 5.32 Å². The number of halogens is 1. The number of hydrogen-bond donors (Lipinski definition) is 1. The Morgan fingerprint density at radius 1 is 1.36 bits per heavy atom. The number of nitrogens with one attached hydrogen (secondary N) is 1. The fraction of sp³-hybridized carbons (Fsp3) is 0.455. The highest BCUT2D eigenvalue weighted by Crippen LogP contribution is 2.24. The van der Waals surface area contributed by atoms with E-state index in [-0.39, 0.29) is 5.82 Å². The lowest BCUT2D eigenvalue weighted by Crippen LogP contribution is -2.05. The van der Waals surface area contributed by atoms with E-state index in [9.17, 15) is 4.39 Å². The Morgan fingerprint density at radius 2 is 2.07 bits per heavy atom. The topological polar surface area (TPSA) is 12.0 Å². The molecule has 0 saturated carbocycles. The Morgan fingerprint density at radius 3 is 2.64 bits per heavy atom. The van der Waals surface area contributed by atoms with Gasteiger partial charge in [-0.05, 0) is 30.8 Å². The van der Waals surface area contributed by atoms with E-state index in [1.165, 1.54) is 0 Å². The van der Waals surface area contributed by atoms with Crippen LogP contribution in [-0.4, -0.2) is 12.3 Å². The van der Waals surface area contributed by atoms with E-state index in [4.69, 9.17) is 0 Å². The van der Waals surface area contributed by atoms with Gasteiger partial charge in [-0.2, -0.15) is 0 Å². The van der Waals surface area contributed by atoms with Crippen LogP contribution < -0.4 is 5.32 Å². The Kier molecular flexibility index (Phi) is 4.42. The molecule has 0 aliphatic rings. The molecule has 0 aromatic heterocycles. The molecule has 1 aromatic rings. The van der Waals surface area contributed by atoms with E-state index >= 15 is 0 Å². The van der Waals surface area contributed by atoms with Crippen molar-refractivity contribution in [3.05, 3.63) is 29.6 Å². The minimum atomic E-state index is -0.152. The maximum atomic E-state index is 13.2. The molecule has 1 aromatic carbocycles. The molecule has 0 atom stereocenters. The first kappa shape index (κ1) is 11.5. The zero-order valence-corrected chi connectivity index (χ0v) is 9.62. The van der Waals surface area contributed by atoms with Gasteiger partial charge in [-0.1, -0.05) is 13.8 Å². The SMILES string of the molecule is CNCc1cc(F)cc(SC(C)C)c1. The van der Waals surface area contributed by atoms with Crippen LogP contribution in [0.15, 0.2) is 23.1 Å². The summed E-state index contributed by atoms with van der Waals surface area (Å²) in [6, 6.07) is 5.19. The van der Waals surface area contributed by atoms with Crippen molar-refractivity contribution in [2.75, 3.05) is 7.05 Å². The van der Waals surface area contributed by atoms with Gasteiger partial charge in [0.2, 0.25) is 0 Å². The molecule has 1 nitrogen and oxygen atoms in total. The molecule has 78 valence electrons. The largest absolute Gasteiger partial charge is 0.316 e. The van der Waals surface area contributed by atoms with Gasteiger partial charge in [-0.3, -0.25) is 0 Å². The molecule has 1 rings (SSSR count). The zero-order valence-electron chi connectivity index (χ0n) is 8.80. The second-order valence-corrected chi connectivity index (χ2v) is 5.14. The lowest BCUT2D eigenvalue weighted by molar-refractivity contribution is 0.619. The van der Waals surface area contributed by atoms with E-state index in [0.29, 0.717) is 11.8 Å². The van der Waals surface area contributed by atoms with Gasteiger partial charge in [0.05, 0.1) is 0 Å². The molecule has 0 bridgehead atoms. The Bertz CT molecular complexity index is 299. The van der Waals surface area contributed by atoms with Gasteiger partial charge in [-0.25, -0.2) is 4.39 Å². The van der Waals surface area contributed by atoms with Crippen LogP contribution in [0.4, 0.5) is 4.39 Å². The third-order valence-corrected chi connectivity index (χ3v) is 2.66. The van der Waals surface area contributed by atoms with E-state index in [2.05, 4.69) is 19.2 Å². The Balaban J connectivity index is 2.83. The second-order valence-electron chi connectivity index (χ2n) is 3.49. The lowest BCUT2D eigenvalue weighted by atomic mass is 10.2. The summed E-state index contributed by atoms with van der Waals surface area (Å²) in [5.41, 5.74) is 0.996. The normalized spacial score (nSPS) is 10.9. The first-order valence-electron chi connectivity index (χ1n) is 4.72. The molecule has 14 heavy (non-hydrogen) atoms. The average molecular weight is 213 g/mol. The molecule has 3 heteroatoms. The smallest absolute Gasteiger partial charge is 0.124 e. The van der Waals surface area contributed by atoms with Crippen LogP contribution in [-0.2, 0) is 6.54 Å². The van der Waals surface area contributed by atoms with Crippen LogP contribution in [0.2, 0.25) is 0 Å². The van der Waals surface area contributed by atoms with Crippen molar-refractivity contribution in [3.63, 3.8) is 0 Å². The summed E-state index contributed by atoms with van der Waals surface area (Å²) in [6.45, 7) is 4.92. The maximum absolute atomic E-state index is 13.2. The first-order chi connectivity index (χ1) is 6.61. The monoisotopic (exact) mass is 213 g/mol. The minimum absolute atomic E-state index is 0.152. The van der Waals surface area contributed by atoms with Gasteiger partial charge >= 0.3 is 0 Å². The molecular formula is C11H16FNS. The highest BCUT2D eigenvalue weighted by molar-refractivity contribution is 7.99. The van der Waals surface area contributed by atoms with Crippen molar-refractivity contribution >= 4 is 11.8 Å². The summed E-state index contributed by atoms with van der Waals surface area (Å²) in [5, 5.41) is 3.50. The third kappa shape index (κ3) is 3.68. The van der Waals surface area contributed by atoms with Gasteiger partial charge in [0, 0.05) is 16.7 Å². The molecule has 0 radical (unpaired) electrons. The molecule has 0 fully saturated rings. The lowest BCUT2D eigenvalue weighted by Gasteiger charge is -2.07. The third-order valence-electron chi connectivity index (χ3n) is 1.68. The molecule has 0 unspecified atom stereocenters. The van der Waals surface area contributed by atoms with Crippen molar-refractivity contribution in [2.24, 2.45) is 0 Å². The summed E-state index contributed by atoms with van der Waals surface area (Å²) in [6.07, 6.45) is 0. The highest BCUT2D eigenvalue weighted by Gasteiger charge is 2.03. The van der Waals surface area contributed by atoms with E-state index < -0.39 is 0 Å². The highest BCUT2D eigenvalue weighted by atomic mass is 32.2. The molecule has 0 saturated heterocycles. The van der Waals surface area contributed by atoms with E-state index in [0.717, 1.165) is 10.5 Å². The molecule has 1 N–H and O–H groups in total. The van der Waals surface area contributed by atoms with Crippen LogP contribution in [0.25, 0.3) is 0 Å². The number of rotatable bonds is 4. The standard InChI is InChI=1S/C11H16FNS/c1-8(2)14-11-5-9(7-13-3)4-10(12)6-11/h4-6,8,13H,7H2,1-3H3. The summed E-state index contributed by atoms with van der Waals surface area (Å²) < 4.78 is 13.2. The van der Waals surface area contributed by atoms with E-state index in [1.807, 2.05) is 13.1 Å². The van der Waals surface area contributed by atoms with Crippen molar-refractivity contribution < 1.29 is 4.39 Å². The maximum Gasteiger partial charge on any atom is 0.124 e. The summed E-state index contributed by atoms with van der Waals surface area (Å²) in [5.74, 6) is -0.152. The Hall–Kier alpha value is -0.540. The zero-order chi connectivity index (χ0) is 10.6. The molecule has 0 heterocycles. The number of hydrogen-bond acceptors (Lipinski definition) is 2. The van der Waals surface area contributed by atoms with Crippen LogP contribution in [0, 0.1) is 5.82 Å². The van der Waals surface area contributed by atoms with Gasteiger partial charge in [0.1, 0.15) is 5.82 Å². The van der Waals surface area contributed by atoms with Crippen molar-refractivity contribution in [2.45, 2.75) is 30.5 Å². The van der Waals surface area contributed by atoms with Gasteiger partial charge in [-0.15, -0.1) is 11.8 Å². The quantitative estimate of drug-likeness (QED) is 0.771. The predicted octanol–water partition coefficient (Wildman–Crippen LogP) is 3.05. The Labute approximate surface area is 89.1 Å². The average Bonchev–Trinajstić information content (AvgIpc) is 2.01. The first-order valence-corrected chi connectivity index (χ1v) is 5.60. The second kappa shape index (κ2) is 5.37. The van der Waals surface area contributed by atoms with Crippen molar-refractivity contribution in [3.8, 4) is 0 Å². The molecule has 0 aliphatic carbocycles. The molecule has 0 spiro atoms. The summed E-state index contributed by atoms with van der Waals surface area (Å²) in [7, 11) is 1.86. The number of thioether (sulfide) groups is 1. The molecular weight excluding hydrogens is 197 g/mol. The fourth-order valence-electron chi connectivity index (χ4n) is 1.27. The van der Waals surface area contributed by atoms with Crippen LogP contribution in [0.3, 0.4) is 0 Å².